The Morgan fingerprint density at radius 2 is 1.90 bits per heavy atom. The van der Waals surface area contributed by atoms with Crippen LogP contribution in [0.1, 0.15) is 10.4 Å². The van der Waals surface area contributed by atoms with Gasteiger partial charge >= 0.3 is 123 Å². The molecular formula is C12H7F4IN2O2. The number of halogens is 5. The van der Waals surface area contributed by atoms with E-state index in [1.807, 2.05) is 0 Å². The summed E-state index contributed by atoms with van der Waals surface area (Å²) < 4.78 is 56.8. The van der Waals surface area contributed by atoms with Crippen LogP contribution in [0.2, 0.25) is 0 Å². The van der Waals surface area contributed by atoms with Crippen molar-refractivity contribution in [1.29, 1.82) is 0 Å². The molecule has 0 radical (unpaired) electrons. The van der Waals surface area contributed by atoms with Gasteiger partial charge in [0.15, 0.2) is 0 Å². The minimum atomic E-state index is -4.52. The molecule has 1 aliphatic heterocycles. The summed E-state index contributed by atoms with van der Waals surface area (Å²) >= 11 is -4.21. The molecular weight excluding hydrogens is 407 g/mol. The van der Waals surface area contributed by atoms with E-state index in [4.69, 9.17) is 0 Å². The quantitative estimate of drug-likeness (QED) is 0.439. The number of imidazole rings is 1. The fraction of sp³-hybridized carbons (Fsp3) is 0.167. The molecule has 1 aromatic carbocycles. The van der Waals surface area contributed by atoms with E-state index in [0.29, 0.717) is 6.33 Å². The number of fused-ring (bicyclic) bond motifs is 1. The predicted octanol–water partition coefficient (Wildman–Crippen LogP) is 3.49. The van der Waals surface area contributed by atoms with Gasteiger partial charge in [-0.15, -0.1) is 0 Å². The van der Waals surface area contributed by atoms with Crippen molar-refractivity contribution in [2.24, 2.45) is 0 Å². The van der Waals surface area contributed by atoms with Crippen LogP contribution in [0.3, 0.4) is 0 Å². The summed E-state index contributed by atoms with van der Waals surface area (Å²) in [7, 11) is 0. The van der Waals surface area contributed by atoms with E-state index >= 15 is 0 Å². The van der Waals surface area contributed by atoms with Crippen LogP contribution in [-0.2, 0) is 9.11 Å². The Kier molecular flexibility index (Phi) is 3.19. The van der Waals surface area contributed by atoms with Crippen LogP contribution >= 0.6 is 20.2 Å². The molecule has 9 heteroatoms. The van der Waals surface area contributed by atoms with Crippen LogP contribution < -0.4 is 0 Å². The molecule has 0 bridgehead atoms. The third-order valence-electron chi connectivity index (χ3n) is 2.81. The number of benzene rings is 1. The third-order valence-corrected chi connectivity index (χ3v) is 7.53. The Balaban J connectivity index is 2.06. The maximum absolute atomic E-state index is 14.3. The van der Waals surface area contributed by atoms with Gasteiger partial charge in [-0.25, -0.2) is 0 Å². The fourth-order valence-electron chi connectivity index (χ4n) is 1.78. The van der Waals surface area contributed by atoms with E-state index in [1.54, 1.807) is 0 Å². The summed E-state index contributed by atoms with van der Waals surface area (Å²) in [5, 5.41) is 0. The number of carbonyl (C=O) groups excluding carboxylic acids is 1. The molecule has 0 saturated carbocycles. The number of alkyl halides is 5. The molecule has 0 spiro atoms. The van der Waals surface area contributed by atoms with Gasteiger partial charge in [0.25, 0.3) is 0 Å². The van der Waals surface area contributed by atoms with E-state index in [9.17, 15) is 22.4 Å². The van der Waals surface area contributed by atoms with Crippen molar-refractivity contribution in [1.82, 2.24) is 9.55 Å². The van der Waals surface area contributed by atoms with Crippen LogP contribution in [0.5, 0.6) is 0 Å². The molecule has 112 valence electrons. The summed E-state index contributed by atoms with van der Waals surface area (Å²) in [4.78, 5) is 14.9. The van der Waals surface area contributed by atoms with Crippen molar-refractivity contribution < 1.29 is 25.4 Å². The fourth-order valence-corrected chi connectivity index (χ4v) is 5.99. The minimum absolute atomic E-state index is 0.0270. The zero-order chi connectivity index (χ0) is 15.3. The van der Waals surface area contributed by atoms with Crippen molar-refractivity contribution in [3.8, 4) is 0 Å². The normalized spacial score (nSPS) is 16.8. The Hall–Kier alpha value is -1.65. The summed E-state index contributed by atoms with van der Waals surface area (Å²) in [6.07, 6.45) is 2.32. The first-order valence-electron chi connectivity index (χ1n) is 5.61. The predicted molar refractivity (Wildman–Crippen MR) is 71.9 cm³/mol. The zero-order valence-electron chi connectivity index (χ0n) is 10.1. The van der Waals surface area contributed by atoms with Crippen LogP contribution in [0.25, 0.3) is 0 Å². The van der Waals surface area contributed by atoms with E-state index in [2.05, 4.69) is 8.05 Å². The van der Waals surface area contributed by atoms with E-state index in [1.165, 1.54) is 24.3 Å². The molecule has 0 unspecified atom stereocenters. The summed E-state index contributed by atoms with van der Waals surface area (Å²) in [5.41, 5.74) is -0.0659. The summed E-state index contributed by atoms with van der Waals surface area (Å²) in [6.45, 7) is 0. The summed E-state index contributed by atoms with van der Waals surface area (Å²) in [6, 6.07) is 0.887. The number of hydrogen-bond donors (Lipinski definition) is 0. The first kappa shape index (κ1) is 14.3. The number of nitrogens with zero attached hydrogens (tertiary/aromatic N) is 2. The Labute approximate surface area is 123 Å². The van der Waals surface area contributed by atoms with Crippen LogP contribution in [-0.4, -0.2) is 19.4 Å². The Morgan fingerprint density at radius 3 is 2.57 bits per heavy atom. The molecule has 4 nitrogen and oxygen atoms in total. The van der Waals surface area contributed by atoms with Gasteiger partial charge in [0.1, 0.15) is 0 Å². The molecule has 0 saturated heterocycles. The summed E-state index contributed by atoms with van der Waals surface area (Å²) in [5.74, 6) is -0.975. The second-order valence-corrected chi connectivity index (χ2v) is 8.48. The molecule has 0 atom stereocenters. The van der Waals surface area contributed by atoms with Crippen molar-refractivity contribution in [3.05, 3.63) is 52.1 Å². The van der Waals surface area contributed by atoms with E-state index in [-0.39, 0.29) is 13.7 Å². The van der Waals surface area contributed by atoms with Crippen LogP contribution in [0, 0.1) is 3.57 Å². The molecule has 1 aromatic heterocycles. The SMILES string of the molecule is O=C1OI(C(F)(F)C(F)(F)n2ccnc2)c2ccccc21. The van der Waals surface area contributed by atoms with Gasteiger partial charge in [0, 0.05) is 0 Å². The van der Waals surface area contributed by atoms with Crippen LogP contribution in [0.15, 0.2) is 43.0 Å². The van der Waals surface area contributed by atoms with Crippen molar-refractivity contribution in [2.45, 2.75) is 9.98 Å². The van der Waals surface area contributed by atoms with Gasteiger partial charge in [-0.05, 0) is 0 Å². The Morgan fingerprint density at radius 1 is 1.19 bits per heavy atom. The molecule has 0 amide bonds. The first-order chi connectivity index (χ1) is 9.85. The number of hydrogen-bond acceptors (Lipinski definition) is 3. The van der Waals surface area contributed by atoms with Crippen molar-refractivity contribution in [2.75, 3.05) is 0 Å². The van der Waals surface area contributed by atoms with Crippen molar-refractivity contribution >= 4 is 26.2 Å². The zero-order valence-corrected chi connectivity index (χ0v) is 12.3. The number of aromatic nitrogens is 2. The van der Waals surface area contributed by atoms with Crippen LogP contribution in [0.4, 0.5) is 17.6 Å². The van der Waals surface area contributed by atoms with E-state index < -0.39 is 36.2 Å². The van der Waals surface area contributed by atoms with Crippen molar-refractivity contribution in [3.63, 3.8) is 0 Å². The number of carbonyl (C=O) groups is 1. The van der Waals surface area contributed by atoms with Gasteiger partial charge in [0.2, 0.25) is 0 Å². The van der Waals surface area contributed by atoms with Gasteiger partial charge in [0.05, 0.1) is 0 Å². The average Bonchev–Trinajstić information content (AvgIpc) is 3.08. The second-order valence-electron chi connectivity index (χ2n) is 4.10. The standard InChI is InChI=1S/C12H7F4IN2O2/c13-11(14,12(15,16)19-6-5-18-7-19)17-9-4-2-1-3-8(9)10(20)21-17/h1-7H. The Bertz CT molecular complexity index is 690. The molecule has 0 aliphatic carbocycles. The molecule has 2 aromatic rings. The molecule has 0 N–H and O–H groups in total. The second kappa shape index (κ2) is 4.68. The first-order valence-corrected chi connectivity index (χ1v) is 8.65. The third kappa shape index (κ3) is 2.01. The van der Waals surface area contributed by atoms with Gasteiger partial charge in [-0.3, -0.25) is 0 Å². The molecule has 0 fully saturated rings. The van der Waals surface area contributed by atoms with Gasteiger partial charge < -0.3 is 0 Å². The number of rotatable bonds is 3. The molecule has 3 rings (SSSR count). The average molecular weight is 414 g/mol. The topological polar surface area (TPSA) is 44.1 Å². The van der Waals surface area contributed by atoms with E-state index in [0.717, 1.165) is 12.4 Å². The maximum atomic E-state index is 14.3. The monoisotopic (exact) mass is 414 g/mol. The molecule has 1 aliphatic rings. The van der Waals surface area contributed by atoms with Gasteiger partial charge in [-0.1, -0.05) is 0 Å². The molecule has 2 heterocycles. The molecule has 21 heavy (non-hydrogen) atoms. The van der Waals surface area contributed by atoms with Gasteiger partial charge in [-0.2, -0.15) is 0 Å².